The topological polar surface area (TPSA) is 80.3 Å². The number of carbonyl (C=O) groups excluding carboxylic acids is 2. The van der Waals surface area contributed by atoms with Crippen molar-refractivity contribution in [1.82, 2.24) is 0 Å². The molecule has 0 aliphatic rings. The van der Waals surface area contributed by atoms with E-state index in [0.29, 0.717) is 0 Å². The van der Waals surface area contributed by atoms with Crippen LogP contribution in [0.25, 0.3) is 0 Å². The van der Waals surface area contributed by atoms with Crippen LogP contribution < -0.4 is 10.2 Å². The predicted octanol–water partition coefficient (Wildman–Crippen LogP) is 5.47. The quantitative estimate of drug-likeness (QED) is 0.133. The molecule has 0 rings (SSSR count). The van der Waals surface area contributed by atoms with Gasteiger partial charge in [0.05, 0.1) is 0 Å². The summed E-state index contributed by atoms with van der Waals surface area (Å²) in [5.41, 5.74) is 0. The molecule has 178 valence electrons. The van der Waals surface area contributed by atoms with Gasteiger partial charge in [-0.1, -0.05) is 128 Å². The van der Waals surface area contributed by atoms with E-state index in [0.717, 1.165) is 25.7 Å². The van der Waals surface area contributed by atoms with E-state index in [1.807, 2.05) is 0 Å². The first-order valence-electron chi connectivity index (χ1n) is 13.0. The van der Waals surface area contributed by atoms with Crippen molar-refractivity contribution in [3.05, 3.63) is 0 Å². The Morgan fingerprint density at radius 1 is 0.323 bits per heavy atom. The number of hydrogen-bond donors (Lipinski definition) is 0. The number of unbranched alkanes of at least 4 members (excludes halogenated alkanes) is 21. The fourth-order valence-corrected chi connectivity index (χ4v) is 4.07. The van der Waals surface area contributed by atoms with Gasteiger partial charge < -0.3 is 19.8 Å². The SMILES string of the molecule is O=C([O-])CCCCCCCCCCCCCCCCCCCCCCCCC(=O)[O-].[Ca+2]. The average Bonchev–Trinajstić information content (AvgIpc) is 2.70. The summed E-state index contributed by atoms with van der Waals surface area (Å²) in [5, 5.41) is 20.6. The fourth-order valence-electron chi connectivity index (χ4n) is 4.07. The molecule has 0 radical (unpaired) electrons. The normalized spacial score (nSPS) is 10.7. The van der Waals surface area contributed by atoms with Crippen molar-refractivity contribution in [2.45, 2.75) is 154 Å². The molecule has 5 heteroatoms. The Morgan fingerprint density at radius 2 is 0.452 bits per heavy atom. The zero-order valence-electron chi connectivity index (χ0n) is 20.3. The largest absolute Gasteiger partial charge is 2.00 e. The number of hydrogen-bond acceptors (Lipinski definition) is 4. The first kappa shape index (κ1) is 33.4. The molecule has 0 N–H and O–H groups in total. The minimum absolute atomic E-state index is 0. The van der Waals surface area contributed by atoms with Gasteiger partial charge in [0.15, 0.2) is 0 Å². The summed E-state index contributed by atoms with van der Waals surface area (Å²) >= 11 is 0. The third-order valence-electron chi connectivity index (χ3n) is 6.01. The summed E-state index contributed by atoms with van der Waals surface area (Å²) in [4.78, 5) is 20.6. The molecule has 0 aromatic heterocycles. The number of aliphatic carboxylic acids is 2. The number of carboxylic acids is 2. The summed E-state index contributed by atoms with van der Waals surface area (Å²) in [6.45, 7) is 0. The van der Waals surface area contributed by atoms with Crippen LogP contribution in [0.15, 0.2) is 0 Å². The maximum atomic E-state index is 10.3. The van der Waals surface area contributed by atoms with Crippen molar-refractivity contribution < 1.29 is 19.8 Å². The molecule has 0 unspecified atom stereocenters. The maximum Gasteiger partial charge on any atom is 2.00 e. The molecular formula is C26H48CaO4. The van der Waals surface area contributed by atoms with Crippen LogP contribution >= 0.6 is 0 Å². The van der Waals surface area contributed by atoms with E-state index in [9.17, 15) is 19.8 Å². The molecular weight excluding hydrogens is 416 g/mol. The van der Waals surface area contributed by atoms with Gasteiger partial charge in [0.2, 0.25) is 0 Å². The second-order valence-corrected chi connectivity index (χ2v) is 9.02. The van der Waals surface area contributed by atoms with Crippen LogP contribution in [-0.4, -0.2) is 49.7 Å². The van der Waals surface area contributed by atoms with E-state index in [4.69, 9.17) is 0 Å². The average molecular weight is 465 g/mol. The molecule has 0 atom stereocenters. The molecule has 31 heavy (non-hydrogen) atoms. The predicted molar refractivity (Wildman–Crippen MR) is 127 cm³/mol. The summed E-state index contributed by atoms with van der Waals surface area (Å²) in [5.74, 6) is -1.83. The monoisotopic (exact) mass is 464 g/mol. The number of carbonyl (C=O) groups is 2. The van der Waals surface area contributed by atoms with Gasteiger partial charge in [0.1, 0.15) is 0 Å². The van der Waals surface area contributed by atoms with Crippen LogP contribution in [0.5, 0.6) is 0 Å². The number of rotatable bonds is 25. The zero-order valence-corrected chi connectivity index (χ0v) is 22.5. The van der Waals surface area contributed by atoms with E-state index in [2.05, 4.69) is 0 Å². The van der Waals surface area contributed by atoms with E-state index < -0.39 is 11.9 Å². The van der Waals surface area contributed by atoms with E-state index in [1.165, 1.54) is 116 Å². The Bertz CT molecular complexity index is 352. The Kier molecular flexibility index (Phi) is 30.4. The van der Waals surface area contributed by atoms with Gasteiger partial charge in [-0.3, -0.25) is 0 Å². The Labute approximate surface area is 222 Å². The Balaban J connectivity index is 0. The molecule has 0 amide bonds. The van der Waals surface area contributed by atoms with Gasteiger partial charge in [-0.2, -0.15) is 0 Å². The minimum Gasteiger partial charge on any atom is -0.550 e. The molecule has 0 bridgehead atoms. The van der Waals surface area contributed by atoms with Gasteiger partial charge in [-0.25, -0.2) is 0 Å². The van der Waals surface area contributed by atoms with Crippen LogP contribution in [0, 0.1) is 0 Å². The summed E-state index contributed by atoms with van der Waals surface area (Å²) in [7, 11) is 0. The third-order valence-corrected chi connectivity index (χ3v) is 6.01. The molecule has 4 nitrogen and oxygen atoms in total. The Hall–Kier alpha value is 0.200. The molecule has 0 aliphatic heterocycles. The van der Waals surface area contributed by atoms with Crippen LogP contribution in [0.2, 0.25) is 0 Å². The molecule has 0 aromatic carbocycles. The van der Waals surface area contributed by atoms with E-state index in [1.54, 1.807) is 0 Å². The standard InChI is InChI=1S/C26H50O4.Ca/c27-25(28)23-21-19-17-15-13-11-9-7-5-3-1-2-4-6-8-10-12-14-16-18-20-22-24-26(29)30;/h1-24H2,(H,27,28)(H,29,30);/q;+2/p-2. The first-order chi connectivity index (χ1) is 14.6. The van der Waals surface area contributed by atoms with Gasteiger partial charge >= 0.3 is 37.7 Å². The van der Waals surface area contributed by atoms with Gasteiger partial charge in [0, 0.05) is 11.9 Å². The molecule has 0 saturated carbocycles. The summed E-state index contributed by atoms with van der Waals surface area (Å²) in [6.07, 6.45) is 27.9. The van der Waals surface area contributed by atoms with Crippen molar-refractivity contribution in [2.75, 3.05) is 0 Å². The van der Waals surface area contributed by atoms with Crippen LogP contribution in [0.3, 0.4) is 0 Å². The smallest absolute Gasteiger partial charge is 0.550 e. The molecule has 0 fully saturated rings. The van der Waals surface area contributed by atoms with Gasteiger partial charge in [-0.05, 0) is 25.7 Å². The summed E-state index contributed by atoms with van der Waals surface area (Å²) in [6, 6.07) is 0. The van der Waals surface area contributed by atoms with Crippen molar-refractivity contribution in [2.24, 2.45) is 0 Å². The van der Waals surface area contributed by atoms with E-state index in [-0.39, 0.29) is 50.6 Å². The van der Waals surface area contributed by atoms with Gasteiger partial charge in [-0.15, -0.1) is 0 Å². The molecule has 0 aliphatic carbocycles. The van der Waals surface area contributed by atoms with Crippen molar-refractivity contribution in [1.29, 1.82) is 0 Å². The van der Waals surface area contributed by atoms with Gasteiger partial charge in [0.25, 0.3) is 0 Å². The fraction of sp³-hybridized carbons (Fsp3) is 0.923. The zero-order chi connectivity index (χ0) is 22.1. The van der Waals surface area contributed by atoms with Crippen LogP contribution in [0.4, 0.5) is 0 Å². The first-order valence-corrected chi connectivity index (χ1v) is 13.0. The second kappa shape index (κ2) is 28.2. The molecule has 0 aromatic rings. The minimum atomic E-state index is -0.914. The third kappa shape index (κ3) is 32.5. The van der Waals surface area contributed by atoms with Crippen LogP contribution in [0.1, 0.15) is 154 Å². The molecule has 0 spiro atoms. The number of carboxylic acid groups (broad SMARTS) is 2. The summed E-state index contributed by atoms with van der Waals surface area (Å²) < 4.78 is 0. The molecule has 0 saturated heterocycles. The Morgan fingerprint density at radius 3 is 0.581 bits per heavy atom. The van der Waals surface area contributed by atoms with Crippen LogP contribution in [-0.2, 0) is 9.59 Å². The van der Waals surface area contributed by atoms with Crippen molar-refractivity contribution >= 4 is 49.7 Å². The second-order valence-electron chi connectivity index (χ2n) is 9.02. The van der Waals surface area contributed by atoms with Crippen molar-refractivity contribution in [3.8, 4) is 0 Å². The molecule has 0 heterocycles. The van der Waals surface area contributed by atoms with Crippen molar-refractivity contribution in [3.63, 3.8) is 0 Å². The maximum absolute atomic E-state index is 10.3. The van der Waals surface area contributed by atoms with E-state index >= 15 is 0 Å².